The highest BCUT2D eigenvalue weighted by Gasteiger charge is 2.27. The Morgan fingerprint density at radius 2 is 1.37 bits per heavy atom. The van der Waals surface area contributed by atoms with E-state index in [4.69, 9.17) is 0 Å². The summed E-state index contributed by atoms with van der Waals surface area (Å²) in [6.07, 6.45) is 8.15. The van der Waals surface area contributed by atoms with E-state index in [9.17, 15) is 0 Å². The molecule has 1 aromatic heterocycles. The van der Waals surface area contributed by atoms with E-state index in [-0.39, 0.29) is 0 Å². The molecule has 1 aromatic rings. The molecule has 4 nitrogen and oxygen atoms in total. The summed E-state index contributed by atoms with van der Waals surface area (Å²) in [6.45, 7) is 4.88. The number of hydrogen-bond acceptors (Lipinski definition) is 2. The van der Waals surface area contributed by atoms with Crippen LogP contribution in [0.25, 0.3) is 0 Å². The van der Waals surface area contributed by atoms with Gasteiger partial charge in [0.25, 0.3) is 5.82 Å². The van der Waals surface area contributed by atoms with Crippen molar-refractivity contribution in [2.75, 3.05) is 36.0 Å². The fraction of sp³-hybridized carbons (Fsp3) is 0.800. The van der Waals surface area contributed by atoms with Crippen molar-refractivity contribution in [2.45, 2.75) is 38.5 Å². The van der Waals surface area contributed by atoms with Gasteiger partial charge >= 0.3 is 0 Å². The first-order valence-electron chi connectivity index (χ1n) is 7.83. The average Bonchev–Trinajstić information content (AvgIpc) is 2.77. The van der Waals surface area contributed by atoms with Gasteiger partial charge in [-0.1, -0.05) is 0 Å². The van der Waals surface area contributed by atoms with E-state index in [1.54, 1.807) is 0 Å². The number of hydrogen-bond donors (Lipinski definition) is 0. The van der Waals surface area contributed by atoms with Crippen molar-refractivity contribution in [3.8, 4) is 0 Å². The number of anilines is 2. The smallest absolute Gasteiger partial charge is 0.299 e. The molecule has 0 amide bonds. The molecule has 0 aromatic carbocycles. The van der Waals surface area contributed by atoms with Crippen LogP contribution in [-0.2, 0) is 14.1 Å². The monoisotopic (exact) mass is 263 g/mol. The fourth-order valence-electron chi connectivity index (χ4n) is 3.45. The summed E-state index contributed by atoms with van der Waals surface area (Å²) in [5.41, 5.74) is 0. The zero-order valence-electron chi connectivity index (χ0n) is 12.4. The summed E-state index contributed by atoms with van der Waals surface area (Å²) in [5, 5.41) is 0. The molecule has 3 rings (SSSR count). The molecule has 0 spiro atoms. The molecule has 2 saturated heterocycles. The lowest BCUT2D eigenvalue weighted by Crippen LogP contribution is -2.46. The van der Waals surface area contributed by atoms with Gasteiger partial charge in [-0.25, -0.2) is 4.68 Å². The molecule has 0 N–H and O–H groups in total. The maximum Gasteiger partial charge on any atom is 0.299 e. The Balaban J connectivity index is 1.85. The molecule has 106 valence electrons. The summed E-state index contributed by atoms with van der Waals surface area (Å²) in [6, 6.07) is 2.40. The number of nitrogens with zero attached hydrogens (tertiary/aromatic N) is 4. The third-order valence-electron chi connectivity index (χ3n) is 4.73. The Bertz CT molecular complexity index is 387. The van der Waals surface area contributed by atoms with Crippen LogP contribution < -0.4 is 14.5 Å². The topological polar surface area (TPSA) is 15.3 Å². The lowest BCUT2D eigenvalue weighted by atomic mass is 10.1. The highest BCUT2D eigenvalue weighted by molar-refractivity contribution is 5.49. The quantitative estimate of drug-likeness (QED) is 0.756. The Morgan fingerprint density at radius 3 is 1.95 bits per heavy atom. The summed E-state index contributed by atoms with van der Waals surface area (Å²) in [4.78, 5) is 5.11. The van der Waals surface area contributed by atoms with Gasteiger partial charge in [-0.3, -0.25) is 4.90 Å². The second-order valence-corrected chi connectivity index (χ2v) is 6.00. The average molecular weight is 263 g/mol. The Morgan fingerprint density at radius 1 is 0.842 bits per heavy atom. The fourth-order valence-corrected chi connectivity index (χ4v) is 3.45. The largest absolute Gasteiger partial charge is 0.355 e. The van der Waals surface area contributed by atoms with E-state index in [2.05, 4.69) is 39.3 Å². The highest BCUT2D eigenvalue weighted by Crippen LogP contribution is 2.24. The van der Waals surface area contributed by atoms with Crippen LogP contribution in [0, 0.1) is 0 Å². The van der Waals surface area contributed by atoms with Crippen molar-refractivity contribution in [3.05, 3.63) is 6.07 Å². The first kappa shape index (κ1) is 12.8. The van der Waals surface area contributed by atoms with Gasteiger partial charge in [0.1, 0.15) is 7.05 Å². The van der Waals surface area contributed by atoms with Crippen LogP contribution in [-0.4, -0.2) is 30.9 Å². The van der Waals surface area contributed by atoms with Crippen molar-refractivity contribution in [1.29, 1.82) is 0 Å². The van der Waals surface area contributed by atoms with E-state index in [1.807, 2.05) is 0 Å². The molecule has 0 aliphatic carbocycles. The van der Waals surface area contributed by atoms with Crippen LogP contribution in [0.4, 0.5) is 11.6 Å². The lowest BCUT2D eigenvalue weighted by Gasteiger charge is -2.27. The SMILES string of the molecule is Cn1c(N2CCCCC2)cc(N2CCCCC2)[n+]1C. The highest BCUT2D eigenvalue weighted by atomic mass is 15.5. The van der Waals surface area contributed by atoms with E-state index in [0.29, 0.717) is 0 Å². The van der Waals surface area contributed by atoms with Crippen LogP contribution in [0.15, 0.2) is 6.07 Å². The van der Waals surface area contributed by atoms with Crippen LogP contribution in [0.5, 0.6) is 0 Å². The zero-order chi connectivity index (χ0) is 13.2. The second kappa shape index (κ2) is 5.43. The number of piperidine rings is 2. The predicted octanol–water partition coefficient (Wildman–Crippen LogP) is 1.83. The molecule has 0 radical (unpaired) electrons. The standard InChI is InChI=1S/C15H27N4/c1-16-14(18-9-5-3-6-10-18)13-15(17(16)2)19-11-7-4-8-12-19/h13H,3-12H2,1-2H3/q+1. The molecular formula is C15H27N4+. The minimum Gasteiger partial charge on any atom is -0.355 e. The third kappa shape index (κ3) is 2.45. The Hall–Kier alpha value is -1.19. The predicted molar refractivity (Wildman–Crippen MR) is 78.7 cm³/mol. The van der Waals surface area contributed by atoms with Crippen LogP contribution in [0.1, 0.15) is 38.5 Å². The molecule has 0 unspecified atom stereocenters. The minimum atomic E-state index is 1.22. The molecule has 2 aliphatic rings. The van der Waals surface area contributed by atoms with Crippen LogP contribution in [0.3, 0.4) is 0 Å². The molecule has 2 fully saturated rings. The first-order chi connectivity index (χ1) is 9.27. The van der Waals surface area contributed by atoms with Crippen molar-refractivity contribution >= 4 is 11.6 Å². The van der Waals surface area contributed by atoms with Gasteiger partial charge in [0.15, 0.2) is 5.82 Å². The molecular weight excluding hydrogens is 236 g/mol. The van der Waals surface area contributed by atoms with E-state index in [1.165, 1.54) is 76.3 Å². The van der Waals surface area contributed by atoms with Crippen molar-refractivity contribution < 1.29 is 4.68 Å². The molecule has 3 heterocycles. The van der Waals surface area contributed by atoms with Crippen LogP contribution in [0.2, 0.25) is 0 Å². The van der Waals surface area contributed by atoms with E-state index in [0.717, 1.165) is 0 Å². The molecule has 2 aliphatic heterocycles. The van der Waals surface area contributed by atoms with Gasteiger partial charge in [0, 0.05) is 20.1 Å². The number of rotatable bonds is 2. The Kier molecular flexibility index (Phi) is 3.67. The molecule has 0 bridgehead atoms. The van der Waals surface area contributed by atoms with Gasteiger partial charge in [-0.2, -0.15) is 4.68 Å². The summed E-state index contributed by atoms with van der Waals surface area (Å²) in [7, 11) is 4.38. The molecule has 0 atom stereocenters. The zero-order valence-corrected chi connectivity index (χ0v) is 12.4. The maximum atomic E-state index is 2.55. The van der Waals surface area contributed by atoms with Crippen LogP contribution >= 0.6 is 0 Å². The van der Waals surface area contributed by atoms with Crippen molar-refractivity contribution in [2.24, 2.45) is 14.1 Å². The van der Waals surface area contributed by atoms with Crippen molar-refractivity contribution in [3.63, 3.8) is 0 Å². The normalized spacial score (nSPS) is 20.9. The summed E-state index contributed by atoms with van der Waals surface area (Å²) < 4.78 is 4.63. The van der Waals surface area contributed by atoms with Gasteiger partial charge < -0.3 is 4.90 Å². The molecule has 0 saturated carbocycles. The van der Waals surface area contributed by atoms with Gasteiger partial charge in [0.2, 0.25) is 0 Å². The molecule has 4 heteroatoms. The van der Waals surface area contributed by atoms with E-state index < -0.39 is 0 Å². The van der Waals surface area contributed by atoms with Gasteiger partial charge in [-0.05, 0) is 38.5 Å². The first-order valence-corrected chi connectivity index (χ1v) is 7.83. The second-order valence-electron chi connectivity index (χ2n) is 6.00. The summed E-state index contributed by atoms with van der Waals surface area (Å²) >= 11 is 0. The maximum absolute atomic E-state index is 2.55. The summed E-state index contributed by atoms with van der Waals surface area (Å²) in [5.74, 6) is 2.78. The minimum absolute atomic E-state index is 1.22. The number of aromatic nitrogens is 2. The van der Waals surface area contributed by atoms with E-state index >= 15 is 0 Å². The Labute approximate surface area is 116 Å². The third-order valence-corrected chi connectivity index (χ3v) is 4.73. The van der Waals surface area contributed by atoms with Gasteiger partial charge in [0.05, 0.1) is 19.2 Å². The molecule has 19 heavy (non-hydrogen) atoms. The van der Waals surface area contributed by atoms with Gasteiger partial charge in [-0.15, -0.1) is 0 Å². The lowest BCUT2D eigenvalue weighted by molar-refractivity contribution is -0.738. The van der Waals surface area contributed by atoms with Crippen molar-refractivity contribution in [1.82, 2.24) is 4.68 Å².